The molecule has 0 saturated heterocycles. The Morgan fingerprint density at radius 1 is 1.56 bits per heavy atom. The lowest BCUT2D eigenvalue weighted by molar-refractivity contribution is -0.110. The molecular formula is C7H12OS. The molecule has 1 nitrogen and oxygen atoms in total. The highest BCUT2D eigenvalue weighted by molar-refractivity contribution is 7.80. The Balaban J connectivity index is 2.28. The van der Waals surface area contributed by atoms with Crippen LogP contribution in [0.25, 0.3) is 0 Å². The van der Waals surface area contributed by atoms with Crippen molar-refractivity contribution < 1.29 is 4.79 Å². The van der Waals surface area contributed by atoms with E-state index in [1.54, 1.807) is 0 Å². The molecule has 0 bridgehead atoms. The van der Waals surface area contributed by atoms with E-state index in [0.717, 1.165) is 24.9 Å². The second-order valence-corrected chi connectivity index (χ2v) is 3.12. The maximum absolute atomic E-state index is 10.2. The predicted molar refractivity (Wildman–Crippen MR) is 40.7 cm³/mol. The second-order valence-electron chi connectivity index (χ2n) is 2.76. The first-order chi connectivity index (χ1) is 4.36. The largest absolute Gasteiger partial charge is 0.303 e. The zero-order chi connectivity index (χ0) is 6.69. The summed E-state index contributed by atoms with van der Waals surface area (Å²) < 4.78 is 0. The van der Waals surface area contributed by atoms with Gasteiger partial charge in [-0.3, -0.25) is 0 Å². The average molecular weight is 144 g/mol. The first-order valence-corrected chi connectivity index (χ1v) is 4.06. The summed E-state index contributed by atoms with van der Waals surface area (Å²) in [4.78, 5) is 10.2. The van der Waals surface area contributed by atoms with Gasteiger partial charge in [-0.05, 0) is 30.9 Å². The van der Waals surface area contributed by atoms with Gasteiger partial charge in [-0.15, -0.1) is 0 Å². The van der Waals surface area contributed by atoms with Crippen molar-refractivity contribution in [1.82, 2.24) is 0 Å². The predicted octanol–water partition coefficient (Wildman–Crippen LogP) is 1.53. The van der Waals surface area contributed by atoms with Crippen LogP contribution in [0.15, 0.2) is 0 Å². The fraction of sp³-hybridized carbons (Fsp3) is 0.857. The third kappa shape index (κ3) is 1.71. The SMILES string of the molecule is O=CC1CCC(CS)C1. The van der Waals surface area contributed by atoms with Crippen LogP contribution in [0.1, 0.15) is 19.3 Å². The molecule has 0 aromatic heterocycles. The van der Waals surface area contributed by atoms with Gasteiger partial charge in [0.05, 0.1) is 0 Å². The second kappa shape index (κ2) is 3.25. The summed E-state index contributed by atoms with van der Waals surface area (Å²) in [5, 5.41) is 0. The summed E-state index contributed by atoms with van der Waals surface area (Å²) in [5.41, 5.74) is 0. The highest BCUT2D eigenvalue weighted by Crippen LogP contribution is 2.29. The zero-order valence-corrected chi connectivity index (χ0v) is 6.31. The minimum atomic E-state index is 0.349. The van der Waals surface area contributed by atoms with E-state index in [1.807, 2.05) is 0 Å². The molecule has 52 valence electrons. The minimum Gasteiger partial charge on any atom is -0.303 e. The summed E-state index contributed by atoms with van der Waals surface area (Å²) in [5.74, 6) is 2.01. The first-order valence-electron chi connectivity index (χ1n) is 3.43. The smallest absolute Gasteiger partial charge is 0.123 e. The topological polar surface area (TPSA) is 17.1 Å². The van der Waals surface area contributed by atoms with Gasteiger partial charge in [-0.25, -0.2) is 0 Å². The van der Waals surface area contributed by atoms with Gasteiger partial charge in [0.2, 0.25) is 0 Å². The average Bonchev–Trinajstić information content (AvgIpc) is 2.34. The van der Waals surface area contributed by atoms with Crippen molar-refractivity contribution in [2.45, 2.75) is 19.3 Å². The van der Waals surface area contributed by atoms with Crippen LogP contribution in [0.2, 0.25) is 0 Å². The molecular weight excluding hydrogens is 132 g/mol. The number of carbonyl (C=O) groups is 1. The van der Waals surface area contributed by atoms with E-state index in [-0.39, 0.29) is 0 Å². The van der Waals surface area contributed by atoms with E-state index in [0.29, 0.717) is 11.8 Å². The molecule has 2 unspecified atom stereocenters. The van der Waals surface area contributed by atoms with Crippen LogP contribution in [-0.4, -0.2) is 12.0 Å². The molecule has 2 atom stereocenters. The molecule has 0 aromatic carbocycles. The summed E-state index contributed by atoms with van der Waals surface area (Å²) in [7, 11) is 0. The Kier molecular flexibility index (Phi) is 2.58. The maximum Gasteiger partial charge on any atom is 0.123 e. The van der Waals surface area contributed by atoms with Crippen molar-refractivity contribution in [3.05, 3.63) is 0 Å². The molecule has 0 aliphatic heterocycles. The van der Waals surface area contributed by atoms with Crippen LogP contribution in [0.5, 0.6) is 0 Å². The standard InChI is InChI=1S/C7H12OS/c8-4-6-1-2-7(3-6)5-9/h4,6-7,9H,1-3,5H2. The molecule has 0 amide bonds. The van der Waals surface area contributed by atoms with Crippen LogP contribution in [0.4, 0.5) is 0 Å². The van der Waals surface area contributed by atoms with E-state index in [1.165, 1.54) is 6.42 Å². The highest BCUT2D eigenvalue weighted by atomic mass is 32.1. The zero-order valence-electron chi connectivity index (χ0n) is 5.42. The summed E-state index contributed by atoms with van der Waals surface area (Å²) in [6, 6.07) is 0. The summed E-state index contributed by atoms with van der Waals surface area (Å²) in [6.45, 7) is 0. The molecule has 0 N–H and O–H groups in total. The molecule has 0 radical (unpaired) electrons. The Morgan fingerprint density at radius 3 is 2.67 bits per heavy atom. The lowest BCUT2D eigenvalue weighted by Crippen LogP contribution is -1.97. The van der Waals surface area contributed by atoms with E-state index in [2.05, 4.69) is 12.6 Å². The maximum atomic E-state index is 10.2. The fourth-order valence-corrected chi connectivity index (χ4v) is 1.73. The molecule has 9 heavy (non-hydrogen) atoms. The minimum absolute atomic E-state index is 0.349. The number of aldehydes is 1. The first kappa shape index (κ1) is 7.13. The number of hydrogen-bond donors (Lipinski definition) is 1. The molecule has 0 heterocycles. The van der Waals surface area contributed by atoms with E-state index >= 15 is 0 Å². The van der Waals surface area contributed by atoms with Crippen molar-refractivity contribution in [2.75, 3.05) is 5.75 Å². The van der Waals surface area contributed by atoms with Crippen molar-refractivity contribution >= 4 is 18.9 Å². The van der Waals surface area contributed by atoms with Crippen molar-refractivity contribution in [3.8, 4) is 0 Å². The van der Waals surface area contributed by atoms with Gasteiger partial charge in [-0.2, -0.15) is 12.6 Å². The summed E-state index contributed by atoms with van der Waals surface area (Å²) >= 11 is 4.18. The van der Waals surface area contributed by atoms with Gasteiger partial charge >= 0.3 is 0 Å². The third-order valence-electron chi connectivity index (χ3n) is 2.03. The molecule has 1 rings (SSSR count). The van der Waals surface area contributed by atoms with Crippen LogP contribution < -0.4 is 0 Å². The molecule has 2 heteroatoms. The van der Waals surface area contributed by atoms with Gasteiger partial charge in [-0.1, -0.05) is 0 Å². The molecule has 0 spiro atoms. The normalized spacial score (nSPS) is 34.8. The van der Waals surface area contributed by atoms with Crippen LogP contribution in [-0.2, 0) is 4.79 Å². The van der Waals surface area contributed by atoms with Crippen molar-refractivity contribution in [3.63, 3.8) is 0 Å². The Labute approximate surface area is 61.2 Å². The highest BCUT2D eigenvalue weighted by Gasteiger charge is 2.22. The number of hydrogen-bond acceptors (Lipinski definition) is 2. The summed E-state index contributed by atoms with van der Waals surface area (Å²) in [6.07, 6.45) is 4.46. The Morgan fingerprint density at radius 2 is 2.33 bits per heavy atom. The quantitative estimate of drug-likeness (QED) is 0.459. The molecule has 1 aliphatic carbocycles. The van der Waals surface area contributed by atoms with Gasteiger partial charge in [0, 0.05) is 5.92 Å². The van der Waals surface area contributed by atoms with Crippen molar-refractivity contribution in [2.24, 2.45) is 11.8 Å². The lowest BCUT2D eigenvalue weighted by atomic mass is 10.1. The number of thiol groups is 1. The van der Waals surface area contributed by atoms with Crippen LogP contribution in [0, 0.1) is 11.8 Å². The van der Waals surface area contributed by atoms with Crippen LogP contribution in [0.3, 0.4) is 0 Å². The van der Waals surface area contributed by atoms with E-state index in [4.69, 9.17) is 0 Å². The van der Waals surface area contributed by atoms with E-state index < -0.39 is 0 Å². The van der Waals surface area contributed by atoms with Gasteiger partial charge in [0.1, 0.15) is 6.29 Å². The van der Waals surface area contributed by atoms with Crippen LogP contribution >= 0.6 is 12.6 Å². The molecule has 1 fully saturated rings. The van der Waals surface area contributed by atoms with Gasteiger partial charge in [0.25, 0.3) is 0 Å². The Bertz CT molecular complexity index is 103. The van der Waals surface area contributed by atoms with Crippen molar-refractivity contribution in [1.29, 1.82) is 0 Å². The monoisotopic (exact) mass is 144 g/mol. The van der Waals surface area contributed by atoms with E-state index in [9.17, 15) is 4.79 Å². The third-order valence-corrected chi connectivity index (χ3v) is 2.55. The number of carbonyl (C=O) groups excluding carboxylic acids is 1. The Hall–Kier alpha value is 0.0200. The van der Waals surface area contributed by atoms with Gasteiger partial charge in [0.15, 0.2) is 0 Å². The number of rotatable bonds is 2. The lowest BCUT2D eigenvalue weighted by Gasteiger charge is -2.01. The molecule has 1 saturated carbocycles. The fourth-order valence-electron chi connectivity index (χ4n) is 1.40. The van der Waals surface area contributed by atoms with Gasteiger partial charge < -0.3 is 4.79 Å². The molecule has 1 aliphatic rings. The molecule has 0 aromatic rings.